The molecular weight excluding hydrogens is 328 g/mol. The predicted molar refractivity (Wildman–Crippen MR) is 101 cm³/mol. The molecule has 0 aliphatic carbocycles. The van der Waals surface area contributed by atoms with E-state index in [-0.39, 0.29) is 5.91 Å². The molecule has 0 unspecified atom stereocenters. The van der Waals surface area contributed by atoms with Crippen LogP contribution in [0.5, 0.6) is 0 Å². The summed E-state index contributed by atoms with van der Waals surface area (Å²) in [5, 5.41) is 11.0. The Hall–Kier alpha value is -2.25. The summed E-state index contributed by atoms with van der Waals surface area (Å²) in [5.41, 5.74) is 1.50. The molecule has 1 aromatic carbocycles. The van der Waals surface area contributed by atoms with Crippen molar-refractivity contribution in [2.75, 3.05) is 45.8 Å². The van der Waals surface area contributed by atoms with E-state index in [2.05, 4.69) is 32.4 Å². The van der Waals surface area contributed by atoms with Crippen LogP contribution in [0.3, 0.4) is 0 Å². The molecule has 140 valence electrons. The number of amides is 1. The fourth-order valence-corrected chi connectivity index (χ4v) is 3.17. The fraction of sp³-hybridized carbons (Fsp3) is 0.526. The zero-order chi connectivity index (χ0) is 18.2. The number of rotatable bonds is 8. The van der Waals surface area contributed by atoms with Gasteiger partial charge in [0.15, 0.2) is 5.69 Å². The van der Waals surface area contributed by atoms with E-state index in [1.807, 2.05) is 30.3 Å². The van der Waals surface area contributed by atoms with Crippen molar-refractivity contribution in [1.29, 1.82) is 0 Å². The molecule has 1 fully saturated rings. The Morgan fingerprint density at radius 1 is 1.12 bits per heavy atom. The Bertz CT molecular complexity index is 678. The van der Waals surface area contributed by atoms with Crippen LogP contribution in [0, 0.1) is 0 Å². The van der Waals surface area contributed by atoms with Gasteiger partial charge in [0, 0.05) is 32.7 Å². The summed E-state index contributed by atoms with van der Waals surface area (Å²) >= 11 is 0. The number of nitrogens with one attached hydrogen (secondary N) is 1. The second-order valence-corrected chi connectivity index (χ2v) is 6.67. The smallest absolute Gasteiger partial charge is 0.273 e. The van der Waals surface area contributed by atoms with Gasteiger partial charge in [-0.1, -0.05) is 42.5 Å². The summed E-state index contributed by atoms with van der Waals surface area (Å²) in [6, 6.07) is 10.0. The van der Waals surface area contributed by atoms with Gasteiger partial charge in [-0.2, -0.15) is 0 Å². The Labute approximate surface area is 155 Å². The third-order valence-electron chi connectivity index (χ3n) is 4.81. The van der Waals surface area contributed by atoms with Gasteiger partial charge < -0.3 is 15.1 Å². The maximum atomic E-state index is 12.2. The van der Waals surface area contributed by atoms with Crippen LogP contribution in [0.25, 0.3) is 0 Å². The minimum absolute atomic E-state index is 0.153. The first-order chi connectivity index (χ1) is 12.7. The van der Waals surface area contributed by atoms with E-state index < -0.39 is 0 Å². The normalized spacial score (nSPS) is 15.9. The molecule has 2 aromatic rings. The summed E-state index contributed by atoms with van der Waals surface area (Å²) in [4.78, 5) is 17.1. The average Bonchev–Trinajstić information content (AvgIpc) is 3.15. The molecule has 3 rings (SSSR count). The van der Waals surface area contributed by atoms with Crippen molar-refractivity contribution in [3.05, 3.63) is 47.8 Å². The zero-order valence-electron chi connectivity index (χ0n) is 15.5. The number of piperazine rings is 1. The zero-order valence-corrected chi connectivity index (χ0v) is 15.5. The van der Waals surface area contributed by atoms with Gasteiger partial charge in [-0.05, 0) is 25.1 Å². The number of hydrogen-bond acceptors (Lipinski definition) is 5. The number of aromatic nitrogens is 3. The number of carbonyl (C=O) groups excluding carboxylic acids is 1. The Balaban J connectivity index is 1.36. The van der Waals surface area contributed by atoms with E-state index >= 15 is 0 Å². The quantitative estimate of drug-likeness (QED) is 0.717. The van der Waals surface area contributed by atoms with Crippen LogP contribution in [0.4, 0.5) is 0 Å². The molecule has 1 amide bonds. The van der Waals surface area contributed by atoms with Crippen molar-refractivity contribution < 1.29 is 4.79 Å². The van der Waals surface area contributed by atoms with E-state index in [0.717, 1.165) is 51.3 Å². The lowest BCUT2D eigenvalue weighted by Crippen LogP contribution is -2.46. The van der Waals surface area contributed by atoms with Crippen LogP contribution in [0.1, 0.15) is 29.4 Å². The summed E-state index contributed by atoms with van der Waals surface area (Å²) < 4.78 is 1.69. The van der Waals surface area contributed by atoms with Crippen LogP contribution < -0.4 is 5.32 Å². The standard InChI is InChI=1S/C19H28N6O/c1-2-23-11-13-24(14-12-23)10-6-9-20-19(26)18-16-25(22-21-18)15-17-7-4-3-5-8-17/h3-5,7-8,16H,2,6,9-15H2,1H3,(H,20,26). The van der Waals surface area contributed by atoms with Crippen molar-refractivity contribution >= 4 is 5.91 Å². The molecule has 26 heavy (non-hydrogen) atoms. The van der Waals surface area contributed by atoms with Crippen LogP contribution in [0.15, 0.2) is 36.5 Å². The largest absolute Gasteiger partial charge is 0.351 e. The molecule has 1 aliphatic heterocycles. The minimum Gasteiger partial charge on any atom is -0.351 e. The van der Waals surface area contributed by atoms with Crippen molar-refractivity contribution in [2.24, 2.45) is 0 Å². The van der Waals surface area contributed by atoms with E-state index in [9.17, 15) is 4.79 Å². The molecule has 2 heterocycles. The van der Waals surface area contributed by atoms with Gasteiger partial charge in [-0.25, -0.2) is 4.68 Å². The number of carbonyl (C=O) groups is 1. The van der Waals surface area contributed by atoms with Crippen molar-refractivity contribution in [2.45, 2.75) is 19.9 Å². The molecule has 1 aromatic heterocycles. The monoisotopic (exact) mass is 356 g/mol. The molecule has 7 heteroatoms. The molecule has 1 aliphatic rings. The number of likely N-dealkylation sites (N-methyl/N-ethyl adjacent to an activating group) is 1. The van der Waals surface area contributed by atoms with E-state index in [4.69, 9.17) is 0 Å². The van der Waals surface area contributed by atoms with Gasteiger partial charge in [0.1, 0.15) is 0 Å². The summed E-state index contributed by atoms with van der Waals surface area (Å²) in [6.07, 6.45) is 2.66. The van der Waals surface area contributed by atoms with E-state index in [1.165, 1.54) is 0 Å². The maximum Gasteiger partial charge on any atom is 0.273 e. The second kappa shape index (κ2) is 9.45. The van der Waals surface area contributed by atoms with Crippen LogP contribution in [0.2, 0.25) is 0 Å². The molecule has 0 bridgehead atoms. The van der Waals surface area contributed by atoms with Crippen molar-refractivity contribution in [3.63, 3.8) is 0 Å². The first-order valence-electron chi connectivity index (χ1n) is 9.41. The highest BCUT2D eigenvalue weighted by atomic mass is 16.2. The molecule has 1 saturated heterocycles. The highest BCUT2D eigenvalue weighted by molar-refractivity contribution is 5.91. The predicted octanol–water partition coefficient (Wildman–Crippen LogP) is 1.08. The third-order valence-corrected chi connectivity index (χ3v) is 4.81. The second-order valence-electron chi connectivity index (χ2n) is 6.67. The molecule has 1 N–H and O–H groups in total. The van der Waals surface area contributed by atoms with Gasteiger partial charge >= 0.3 is 0 Å². The number of hydrogen-bond donors (Lipinski definition) is 1. The molecular formula is C19H28N6O. The highest BCUT2D eigenvalue weighted by Gasteiger charge is 2.15. The average molecular weight is 356 g/mol. The molecule has 0 atom stereocenters. The number of nitrogens with zero attached hydrogens (tertiary/aromatic N) is 5. The lowest BCUT2D eigenvalue weighted by molar-refractivity contribution is 0.0943. The van der Waals surface area contributed by atoms with Crippen molar-refractivity contribution in [1.82, 2.24) is 30.1 Å². The Morgan fingerprint density at radius 2 is 1.85 bits per heavy atom. The summed E-state index contributed by atoms with van der Waals surface area (Å²) in [5.74, 6) is -0.153. The summed E-state index contributed by atoms with van der Waals surface area (Å²) in [6.45, 7) is 10.2. The van der Waals surface area contributed by atoms with Gasteiger partial charge in [-0.3, -0.25) is 4.79 Å². The fourth-order valence-electron chi connectivity index (χ4n) is 3.17. The lowest BCUT2D eigenvalue weighted by atomic mass is 10.2. The Kier molecular flexibility index (Phi) is 6.74. The third kappa shape index (κ3) is 5.37. The van der Waals surface area contributed by atoms with Crippen molar-refractivity contribution in [3.8, 4) is 0 Å². The van der Waals surface area contributed by atoms with E-state index in [0.29, 0.717) is 18.8 Å². The first kappa shape index (κ1) is 18.5. The molecule has 0 radical (unpaired) electrons. The van der Waals surface area contributed by atoms with Crippen LogP contribution in [-0.2, 0) is 6.54 Å². The van der Waals surface area contributed by atoms with Gasteiger partial charge in [-0.15, -0.1) is 5.10 Å². The molecule has 7 nitrogen and oxygen atoms in total. The number of benzene rings is 1. The molecule has 0 saturated carbocycles. The topological polar surface area (TPSA) is 66.3 Å². The lowest BCUT2D eigenvalue weighted by Gasteiger charge is -2.33. The Morgan fingerprint density at radius 3 is 2.58 bits per heavy atom. The van der Waals surface area contributed by atoms with Crippen LogP contribution in [-0.4, -0.2) is 76.5 Å². The van der Waals surface area contributed by atoms with E-state index in [1.54, 1.807) is 10.9 Å². The maximum absolute atomic E-state index is 12.2. The van der Waals surface area contributed by atoms with Gasteiger partial charge in [0.05, 0.1) is 12.7 Å². The first-order valence-corrected chi connectivity index (χ1v) is 9.41. The minimum atomic E-state index is -0.153. The van der Waals surface area contributed by atoms with Crippen LogP contribution >= 0.6 is 0 Å². The molecule has 0 spiro atoms. The highest BCUT2D eigenvalue weighted by Crippen LogP contribution is 2.03. The van der Waals surface area contributed by atoms with Gasteiger partial charge in [0.2, 0.25) is 0 Å². The van der Waals surface area contributed by atoms with Gasteiger partial charge in [0.25, 0.3) is 5.91 Å². The SMILES string of the molecule is CCN1CCN(CCCNC(=O)c2cn(Cc3ccccc3)nn2)CC1. The summed E-state index contributed by atoms with van der Waals surface area (Å²) in [7, 11) is 0.